The van der Waals surface area contributed by atoms with E-state index in [0.717, 1.165) is 5.56 Å². The number of nitro benzene ring substituents is 1. The van der Waals surface area contributed by atoms with Crippen LogP contribution < -0.4 is 10.0 Å². The SMILES string of the molecule is Cc1cccc(NS(=O)(=O)c2ccc(C)c(C(=O)Nc3cccc([N+](=O)[O-])c3)c2)c1. The molecule has 30 heavy (non-hydrogen) atoms. The lowest BCUT2D eigenvalue weighted by atomic mass is 10.1. The van der Waals surface area contributed by atoms with Crippen LogP contribution in [-0.4, -0.2) is 19.2 Å². The molecule has 0 fully saturated rings. The van der Waals surface area contributed by atoms with E-state index >= 15 is 0 Å². The predicted molar refractivity (Wildman–Crippen MR) is 114 cm³/mol. The number of carbonyl (C=O) groups is 1. The molecule has 0 spiro atoms. The molecular formula is C21H19N3O5S. The van der Waals surface area contributed by atoms with Crippen molar-refractivity contribution in [3.63, 3.8) is 0 Å². The number of anilines is 2. The summed E-state index contributed by atoms with van der Waals surface area (Å²) >= 11 is 0. The highest BCUT2D eigenvalue weighted by Crippen LogP contribution is 2.22. The first kappa shape index (κ1) is 21.0. The molecular weight excluding hydrogens is 406 g/mol. The fourth-order valence-electron chi connectivity index (χ4n) is 2.83. The molecule has 9 heteroatoms. The number of nitrogens with zero attached hydrogens (tertiary/aromatic N) is 1. The van der Waals surface area contributed by atoms with E-state index in [-0.39, 0.29) is 21.8 Å². The third-order valence-corrected chi connectivity index (χ3v) is 5.73. The number of benzene rings is 3. The topological polar surface area (TPSA) is 118 Å². The molecule has 0 atom stereocenters. The number of aryl methyl sites for hydroxylation is 2. The summed E-state index contributed by atoms with van der Waals surface area (Å²) in [5, 5.41) is 13.5. The molecule has 3 aromatic rings. The number of nitrogens with one attached hydrogen (secondary N) is 2. The highest BCUT2D eigenvalue weighted by Gasteiger charge is 2.19. The molecule has 0 radical (unpaired) electrons. The van der Waals surface area contributed by atoms with Crippen LogP contribution in [-0.2, 0) is 10.0 Å². The largest absolute Gasteiger partial charge is 0.322 e. The quantitative estimate of drug-likeness (QED) is 0.452. The van der Waals surface area contributed by atoms with Crippen molar-refractivity contribution in [1.29, 1.82) is 0 Å². The highest BCUT2D eigenvalue weighted by atomic mass is 32.2. The minimum Gasteiger partial charge on any atom is -0.322 e. The van der Waals surface area contributed by atoms with Crippen LogP contribution in [0.4, 0.5) is 17.1 Å². The van der Waals surface area contributed by atoms with Crippen LogP contribution in [0.2, 0.25) is 0 Å². The first-order valence-electron chi connectivity index (χ1n) is 8.92. The first-order chi connectivity index (χ1) is 14.2. The van der Waals surface area contributed by atoms with Crippen LogP contribution in [0.1, 0.15) is 21.5 Å². The van der Waals surface area contributed by atoms with Gasteiger partial charge in [0.15, 0.2) is 0 Å². The van der Waals surface area contributed by atoms with Crippen molar-refractivity contribution in [2.45, 2.75) is 18.7 Å². The van der Waals surface area contributed by atoms with Crippen LogP contribution in [0.15, 0.2) is 71.6 Å². The van der Waals surface area contributed by atoms with Gasteiger partial charge in [-0.2, -0.15) is 0 Å². The molecule has 0 saturated carbocycles. The second kappa shape index (κ2) is 8.34. The number of nitro groups is 1. The number of amides is 1. The van der Waals surface area contributed by atoms with Crippen molar-refractivity contribution in [3.05, 3.63) is 93.5 Å². The molecule has 0 heterocycles. The van der Waals surface area contributed by atoms with E-state index in [0.29, 0.717) is 11.3 Å². The smallest absolute Gasteiger partial charge is 0.271 e. The molecule has 0 aliphatic heterocycles. The first-order valence-corrected chi connectivity index (χ1v) is 10.4. The van der Waals surface area contributed by atoms with Crippen molar-refractivity contribution in [2.24, 2.45) is 0 Å². The monoisotopic (exact) mass is 425 g/mol. The Hall–Kier alpha value is -3.72. The summed E-state index contributed by atoms with van der Waals surface area (Å²) in [6.07, 6.45) is 0. The number of hydrogen-bond acceptors (Lipinski definition) is 5. The Morgan fingerprint density at radius 3 is 2.33 bits per heavy atom. The standard InChI is InChI=1S/C21H19N3O5S/c1-14-5-3-7-17(11-14)23-30(28,29)19-10-9-15(2)20(13-19)21(25)22-16-6-4-8-18(12-16)24(26)27/h3-13,23H,1-2H3,(H,22,25). The van der Waals surface area contributed by atoms with Gasteiger partial charge in [0, 0.05) is 29.1 Å². The summed E-state index contributed by atoms with van der Waals surface area (Å²) < 4.78 is 28.0. The van der Waals surface area contributed by atoms with E-state index in [4.69, 9.17) is 0 Å². The van der Waals surface area contributed by atoms with Gasteiger partial charge in [0.05, 0.1) is 9.82 Å². The van der Waals surface area contributed by atoms with E-state index in [2.05, 4.69) is 10.0 Å². The minimum absolute atomic E-state index is 0.0706. The molecule has 0 aliphatic rings. The van der Waals surface area contributed by atoms with Crippen LogP contribution in [0.5, 0.6) is 0 Å². The Labute approximate surface area is 173 Å². The number of hydrogen-bond donors (Lipinski definition) is 2. The van der Waals surface area contributed by atoms with E-state index in [1.54, 1.807) is 25.1 Å². The zero-order chi connectivity index (χ0) is 21.9. The maximum absolute atomic E-state index is 12.8. The predicted octanol–water partition coefficient (Wildman–Crippen LogP) is 4.26. The zero-order valence-electron chi connectivity index (χ0n) is 16.2. The third kappa shape index (κ3) is 4.81. The van der Waals surface area contributed by atoms with Gasteiger partial charge in [0.1, 0.15) is 0 Å². The summed E-state index contributed by atoms with van der Waals surface area (Å²) in [4.78, 5) is 23.0. The van der Waals surface area contributed by atoms with Crippen molar-refractivity contribution >= 4 is 33.0 Å². The second-order valence-electron chi connectivity index (χ2n) is 6.71. The van der Waals surface area contributed by atoms with E-state index < -0.39 is 20.9 Å². The molecule has 0 unspecified atom stereocenters. The second-order valence-corrected chi connectivity index (χ2v) is 8.40. The molecule has 154 valence electrons. The lowest BCUT2D eigenvalue weighted by Crippen LogP contribution is -2.17. The van der Waals surface area contributed by atoms with Crippen molar-refractivity contribution < 1.29 is 18.1 Å². The number of rotatable bonds is 6. The number of carbonyl (C=O) groups excluding carboxylic acids is 1. The zero-order valence-corrected chi connectivity index (χ0v) is 17.1. The van der Waals surface area contributed by atoms with E-state index in [9.17, 15) is 23.3 Å². The number of non-ortho nitro benzene ring substituents is 1. The Morgan fingerprint density at radius 2 is 1.63 bits per heavy atom. The van der Waals surface area contributed by atoms with Gasteiger partial charge in [-0.05, 0) is 55.3 Å². The molecule has 1 amide bonds. The molecule has 0 aromatic heterocycles. The molecule has 0 saturated heterocycles. The molecule has 0 bridgehead atoms. The maximum Gasteiger partial charge on any atom is 0.271 e. The van der Waals surface area contributed by atoms with E-state index in [1.807, 2.05) is 13.0 Å². The van der Waals surface area contributed by atoms with Gasteiger partial charge in [-0.3, -0.25) is 19.6 Å². The van der Waals surface area contributed by atoms with Crippen LogP contribution in [0.25, 0.3) is 0 Å². The van der Waals surface area contributed by atoms with Crippen molar-refractivity contribution in [2.75, 3.05) is 10.0 Å². The average Bonchev–Trinajstić information content (AvgIpc) is 2.68. The average molecular weight is 425 g/mol. The van der Waals surface area contributed by atoms with Gasteiger partial charge in [-0.25, -0.2) is 8.42 Å². The third-order valence-electron chi connectivity index (χ3n) is 4.35. The Bertz CT molecular complexity index is 1240. The Kier molecular flexibility index (Phi) is 5.84. The van der Waals surface area contributed by atoms with Gasteiger partial charge in [-0.1, -0.05) is 24.3 Å². The molecule has 0 aliphatic carbocycles. The van der Waals surface area contributed by atoms with Crippen LogP contribution in [0.3, 0.4) is 0 Å². The maximum atomic E-state index is 12.8. The van der Waals surface area contributed by atoms with Gasteiger partial charge in [0.2, 0.25) is 0 Å². The summed E-state index contributed by atoms with van der Waals surface area (Å²) in [7, 11) is -3.91. The fraction of sp³-hybridized carbons (Fsp3) is 0.0952. The normalized spacial score (nSPS) is 11.0. The summed E-state index contributed by atoms with van der Waals surface area (Å²) in [5.41, 5.74) is 2.10. The summed E-state index contributed by atoms with van der Waals surface area (Å²) in [6, 6.07) is 16.6. The minimum atomic E-state index is -3.91. The summed E-state index contributed by atoms with van der Waals surface area (Å²) in [6.45, 7) is 3.52. The van der Waals surface area contributed by atoms with Crippen LogP contribution in [0, 0.1) is 24.0 Å². The summed E-state index contributed by atoms with van der Waals surface area (Å²) in [5.74, 6) is -0.569. The lowest BCUT2D eigenvalue weighted by molar-refractivity contribution is -0.384. The van der Waals surface area contributed by atoms with Crippen molar-refractivity contribution in [3.8, 4) is 0 Å². The van der Waals surface area contributed by atoms with Crippen LogP contribution >= 0.6 is 0 Å². The van der Waals surface area contributed by atoms with E-state index in [1.165, 1.54) is 42.5 Å². The van der Waals surface area contributed by atoms with Crippen molar-refractivity contribution in [1.82, 2.24) is 0 Å². The van der Waals surface area contributed by atoms with Gasteiger partial charge in [0.25, 0.3) is 21.6 Å². The van der Waals surface area contributed by atoms with Gasteiger partial charge in [-0.15, -0.1) is 0 Å². The highest BCUT2D eigenvalue weighted by molar-refractivity contribution is 7.92. The Balaban J connectivity index is 1.88. The molecule has 2 N–H and O–H groups in total. The van der Waals surface area contributed by atoms with Gasteiger partial charge < -0.3 is 5.32 Å². The Morgan fingerprint density at radius 1 is 0.933 bits per heavy atom. The lowest BCUT2D eigenvalue weighted by Gasteiger charge is -2.12. The fourth-order valence-corrected chi connectivity index (χ4v) is 3.91. The van der Waals surface area contributed by atoms with Gasteiger partial charge >= 0.3 is 0 Å². The molecule has 8 nitrogen and oxygen atoms in total. The molecule has 3 rings (SSSR count). The molecule has 3 aromatic carbocycles. The number of sulfonamides is 1.